The first-order chi connectivity index (χ1) is 7.75. The molecule has 0 aromatic carbocycles. The van der Waals surface area contributed by atoms with Crippen LogP contribution >= 0.6 is 0 Å². The summed E-state index contributed by atoms with van der Waals surface area (Å²) in [6, 6.07) is -0.446. The molecule has 3 heteroatoms. The number of hydrogen-bond donors (Lipinski definition) is 1. The van der Waals surface area contributed by atoms with Crippen LogP contribution in [0.2, 0.25) is 0 Å². The van der Waals surface area contributed by atoms with Gasteiger partial charge in [-0.1, -0.05) is 44.8 Å². The first-order valence-corrected chi connectivity index (χ1v) is 6.29. The fourth-order valence-electron chi connectivity index (χ4n) is 2.28. The Morgan fingerprint density at radius 2 is 1.88 bits per heavy atom. The maximum atomic E-state index is 11.6. The quantitative estimate of drug-likeness (QED) is 0.590. The van der Waals surface area contributed by atoms with E-state index in [0.717, 1.165) is 12.8 Å². The highest BCUT2D eigenvalue weighted by molar-refractivity contribution is 5.75. The molecule has 0 aliphatic heterocycles. The van der Waals surface area contributed by atoms with E-state index in [0.29, 0.717) is 5.92 Å². The molecule has 0 aromatic heterocycles. The summed E-state index contributed by atoms with van der Waals surface area (Å²) in [5.74, 6) is 0.0306. The lowest BCUT2D eigenvalue weighted by Gasteiger charge is -2.24. The number of nitrogens with two attached hydrogens (primary N) is 1. The average molecular weight is 225 g/mol. The van der Waals surface area contributed by atoms with Gasteiger partial charge in [-0.3, -0.25) is 4.79 Å². The van der Waals surface area contributed by atoms with Crippen molar-refractivity contribution in [2.45, 2.75) is 51.0 Å². The van der Waals surface area contributed by atoms with E-state index in [1.54, 1.807) is 6.08 Å². The molecular weight excluding hydrogens is 202 g/mol. The average Bonchev–Trinajstić information content (AvgIpc) is 2.24. The molecule has 0 radical (unpaired) electrons. The fraction of sp³-hybridized carbons (Fsp3) is 0.769. The van der Waals surface area contributed by atoms with Crippen molar-refractivity contribution in [2.24, 2.45) is 11.7 Å². The summed E-state index contributed by atoms with van der Waals surface area (Å²) in [6.07, 6.45) is 9.93. The monoisotopic (exact) mass is 225 g/mol. The van der Waals surface area contributed by atoms with E-state index in [-0.39, 0.29) is 12.6 Å². The summed E-state index contributed by atoms with van der Waals surface area (Å²) >= 11 is 0. The lowest BCUT2D eigenvalue weighted by molar-refractivity contribution is -0.145. The predicted octanol–water partition coefficient (Wildman–Crippen LogP) is 2.40. The number of carbonyl (C=O) groups excluding carboxylic acids is 1. The highest BCUT2D eigenvalue weighted by Gasteiger charge is 2.25. The van der Waals surface area contributed by atoms with Crippen LogP contribution in [-0.2, 0) is 9.53 Å². The molecule has 2 N–H and O–H groups in total. The van der Waals surface area contributed by atoms with Crippen molar-refractivity contribution in [3.63, 3.8) is 0 Å². The maximum Gasteiger partial charge on any atom is 0.323 e. The number of ether oxygens (including phenoxy) is 1. The maximum absolute atomic E-state index is 11.6. The first-order valence-electron chi connectivity index (χ1n) is 6.29. The summed E-state index contributed by atoms with van der Waals surface area (Å²) in [6.45, 7) is 3.78. The van der Waals surface area contributed by atoms with E-state index < -0.39 is 6.04 Å². The molecule has 16 heavy (non-hydrogen) atoms. The van der Waals surface area contributed by atoms with E-state index >= 15 is 0 Å². The van der Waals surface area contributed by atoms with Crippen LogP contribution in [0.3, 0.4) is 0 Å². The third kappa shape index (κ3) is 4.35. The zero-order valence-electron chi connectivity index (χ0n) is 9.99. The Kier molecular flexibility index (Phi) is 6.16. The Bertz CT molecular complexity index is 220. The molecule has 3 nitrogen and oxygen atoms in total. The lowest BCUT2D eigenvalue weighted by Crippen LogP contribution is -2.39. The summed E-state index contributed by atoms with van der Waals surface area (Å²) < 4.78 is 5.00. The lowest BCUT2D eigenvalue weighted by atomic mass is 9.86. The highest BCUT2D eigenvalue weighted by Crippen LogP contribution is 2.24. The van der Waals surface area contributed by atoms with Crippen molar-refractivity contribution in [2.75, 3.05) is 6.61 Å². The Balaban J connectivity index is 2.39. The number of carbonyl (C=O) groups is 1. The Hall–Kier alpha value is -0.830. The highest BCUT2D eigenvalue weighted by atomic mass is 16.5. The molecule has 1 saturated carbocycles. The van der Waals surface area contributed by atoms with Crippen LogP contribution in [-0.4, -0.2) is 18.6 Å². The molecule has 0 aromatic rings. The molecule has 0 bridgehead atoms. The van der Waals surface area contributed by atoms with Crippen molar-refractivity contribution in [3.8, 4) is 0 Å². The van der Waals surface area contributed by atoms with Gasteiger partial charge in [0.2, 0.25) is 0 Å². The molecule has 0 unspecified atom stereocenters. The van der Waals surface area contributed by atoms with Gasteiger partial charge in [-0.05, 0) is 18.8 Å². The molecule has 1 aliphatic carbocycles. The van der Waals surface area contributed by atoms with Crippen LogP contribution in [0, 0.1) is 5.92 Å². The second-order valence-electron chi connectivity index (χ2n) is 4.55. The van der Waals surface area contributed by atoms with Crippen LogP contribution in [0.15, 0.2) is 12.7 Å². The number of rotatable bonds is 4. The molecule has 1 aliphatic rings. The molecular formula is C13H23NO2. The molecule has 1 atom stereocenters. The topological polar surface area (TPSA) is 52.3 Å². The first kappa shape index (κ1) is 13.2. The Labute approximate surface area is 98.0 Å². The number of esters is 1. The van der Waals surface area contributed by atoms with Gasteiger partial charge in [0.05, 0.1) is 0 Å². The Morgan fingerprint density at radius 3 is 2.44 bits per heavy atom. The largest absolute Gasteiger partial charge is 0.460 e. The van der Waals surface area contributed by atoms with E-state index in [9.17, 15) is 4.79 Å². The minimum absolute atomic E-state index is 0.263. The minimum atomic E-state index is -0.446. The van der Waals surface area contributed by atoms with Crippen LogP contribution < -0.4 is 5.73 Å². The number of hydrogen-bond acceptors (Lipinski definition) is 3. The zero-order valence-corrected chi connectivity index (χ0v) is 9.99. The van der Waals surface area contributed by atoms with Crippen molar-refractivity contribution in [1.29, 1.82) is 0 Å². The van der Waals surface area contributed by atoms with Crippen LogP contribution in [0.25, 0.3) is 0 Å². The third-order valence-corrected chi connectivity index (χ3v) is 3.27. The van der Waals surface area contributed by atoms with Gasteiger partial charge < -0.3 is 10.5 Å². The van der Waals surface area contributed by atoms with Crippen molar-refractivity contribution < 1.29 is 9.53 Å². The van der Waals surface area contributed by atoms with Crippen molar-refractivity contribution in [3.05, 3.63) is 12.7 Å². The fourth-order valence-corrected chi connectivity index (χ4v) is 2.28. The summed E-state index contributed by atoms with van der Waals surface area (Å²) in [5, 5.41) is 0. The Morgan fingerprint density at radius 1 is 1.31 bits per heavy atom. The van der Waals surface area contributed by atoms with Gasteiger partial charge in [0.25, 0.3) is 0 Å². The summed E-state index contributed by atoms with van der Waals surface area (Å²) in [4.78, 5) is 11.6. The molecule has 0 saturated heterocycles. The normalized spacial score (nSPS) is 20.6. The van der Waals surface area contributed by atoms with E-state index in [1.165, 1.54) is 32.1 Å². The minimum Gasteiger partial charge on any atom is -0.460 e. The van der Waals surface area contributed by atoms with Gasteiger partial charge >= 0.3 is 5.97 Å². The standard InChI is InChI=1S/C13H23NO2/c1-2-10-16-13(15)12(14)11-8-6-4-3-5-7-9-11/h2,11-12H,1,3-10,14H2/t12-/m0/s1. The van der Waals surface area contributed by atoms with Crippen LogP contribution in [0.1, 0.15) is 44.9 Å². The molecule has 0 spiro atoms. The van der Waals surface area contributed by atoms with Crippen molar-refractivity contribution >= 4 is 5.97 Å². The molecule has 0 heterocycles. The van der Waals surface area contributed by atoms with Gasteiger partial charge in [0.1, 0.15) is 12.6 Å². The van der Waals surface area contributed by atoms with Gasteiger partial charge in [-0.2, -0.15) is 0 Å². The van der Waals surface area contributed by atoms with Crippen LogP contribution in [0.4, 0.5) is 0 Å². The molecule has 1 rings (SSSR count). The molecule has 0 amide bonds. The second-order valence-corrected chi connectivity index (χ2v) is 4.55. The van der Waals surface area contributed by atoms with Gasteiger partial charge in [-0.15, -0.1) is 0 Å². The molecule has 92 valence electrons. The van der Waals surface area contributed by atoms with E-state index in [2.05, 4.69) is 6.58 Å². The smallest absolute Gasteiger partial charge is 0.323 e. The van der Waals surface area contributed by atoms with E-state index in [1.807, 2.05) is 0 Å². The summed E-state index contributed by atoms with van der Waals surface area (Å²) in [5.41, 5.74) is 5.94. The van der Waals surface area contributed by atoms with Gasteiger partial charge in [0, 0.05) is 0 Å². The van der Waals surface area contributed by atoms with E-state index in [4.69, 9.17) is 10.5 Å². The SMILES string of the molecule is C=CCOC(=O)[C@@H](N)C1CCCCCCC1. The molecule has 1 fully saturated rings. The van der Waals surface area contributed by atoms with Crippen LogP contribution in [0.5, 0.6) is 0 Å². The second kappa shape index (κ2) is 7.44. The van der Waals surface area contributed by atoms with Gasteiger partial charge in [-0.25, -0.2) is 0 Å². The third-order valence-electron chi connectivity index (χ3n) is 3.27. The van der Waals surface area contributed by atoms with Crippen molar-refractivity contribution in [1.82, 2.24) is 0 Å². The summed E-state index contributed by atoms with van der Waals surface area (Å²) in [7, 11) is 0. The predicted molar refractivity (Wildman–Crippen MR) is 64.9 cm³/mol. The van der Waals surface area contributed by atoms with Gasteiger partial charge in [0.15, 0.2) is 0 Å². The zero-order chi connectivity index (χ0) is 11.8.